The van der Waals surface area contributed by atoms with Crippen molar-refractivity contribution in [1.82, 2.24) is 4.57 Å². The van der Waals surface area contributed by atoms with Gasteiger partial charge in [-0.1, -0.05) is 69.2 Å². The number of esters is 1. The number of thiazole rings is 1. The van der Waals surface area contributed by atoms with Crippen LogP contribution in [0.15, 0.2) is 80.1 Å². The molecule has 3 aromatic carbocycles. The Morgan fingerprint density at radius 1 is 1.04 bits per heavy atom. The van der Waals surface area contributed by atoms with Crippen LogP contribution >= 0.6 is 38.9 Å². The van der Waals surface area contributed by atoms with Crippen LogP contribution in [0, 0.1) is 0 Å². The number of carbonyl (C=O) groups excluding carboxylic acids is 1. The maximum absolute atomic E-state index is 14.1. The van der Waals surface area contributed by atoms with Gasteiger partial charge in [-0.05, 0) is 60.9 Å². The van der Waals surface area contributed by atoms with Gasteiger partial charge in [0, 0.05) is 4.47 Å². The molecule has 12 heteroatoms. The fourth-order valence-corrected chi connectivity index (χ4v) is 6.87. The Morgan fingerprint density at radius 2 is 1.73 bits per heavy atom. The minimum absolute atomic E-state index is 0.160. The van der Waals surface area contributed by atoms with Crippen LogP contribution in [0.2, 0.25) is 5.02 Å². The number of nitrogens with zero attached hydrogens (tertiary/aromatic N) is 2. The Balaban J connectivity index is 1.64. The molecule has 0 radical (unpaired) electrons. The van der Waals surface area contributed by atoms with Gasteiger partial charge in [0.05, 0.1) is 54.8 Å². The monoisotopic (exact) mass is 712 g/mol. The van der Waals surface area contributed by atoms with E-state index in [1.807, 2.05) is 30.3 Å². The third kappa shape index (κ3) is 6.51. The van der Waals surface area contributed by atoms with Crippen LogP contribution in [0.3, 0.4) is 0 Å². The molecule has 0 spiro atoms. The molecule has 0 saturated heterocycles. The SMILES string of the molecule is CCOC(=O)C1=C(C)N=c2s/c(=C\c3cc(Cl)c(OCc4ccccc4)c(OC)c3)c(=O)n2[C@H]1c1cc(OC)c(OC)cc1Br. The van der Waals surface area contributed by atoms with Crippen molar-refractivity contribution < 1.29 is 28.5 Å². The quantitative estimate of drug-likeness (QED) is 0.191. The Bertz CT molecular complexity index is 1970. The maximum Gasteiger partial charge on any atom is 0.338 e. The lowest BCUT2D eigenvalue weighted by Crippen LogP contribution is -2.40. The third-order valence-corrected chi connectivity index (χ3v) is 9.04. The zero-order valence-corrected chi connectivity index (χ0v) is 28.3. The first-order valence-corrected chi connectivity index (χ1v) is 15.8. The molecule has 45 heavy (non-hydrogen) atoms. The number of aromatic nitrogens is 1. The lowest BCUT2D eigenvalue weighted by atomic mass is 9.95. The van der Waals surface area contributed by atoms with E-state index >= 15 is 0 Å². The Morgan fingerprint density at radius 3 is 2.40 bits per heavy atom. The normalized spacial score (nSPS) is 14.5. The number of benzene rings is 3. The zero-order valence-electron chi connectivity index (χ0n) is 25.2. The average Bonchev–Trinajstić information content (AvgIpc) is 3.33. The summed E-state index contributed by atoms with van der Waals surface area (Å²) in [6.07, 6.45) is 1.71. The molecule has 5 rings (SSSR count). The molecule has 1 aliphatic heterocycles. The number of hydrogen-bond donors (Lipinski definition) is 0. The van der Waals surface area contributed by atoms with Gasteiger partial charge in [0.1, 0.15) is 6.61 Å². The average molecular weight is 714 g/mol. The van der Waals surface area contributed by atoms with Gasteiger partial charge in [0.15, 0.2) is 27.8 Å². The molecule has 0 aliphatic carbocycles. The lowest BCUT2D eigenvalue weighted by molar-refractivity contribution is -0.139. The van der Waals surface area contributed by atoms with Crippen LogP contribution in [0.25, 0.3) is 6.08 Å². The van der Waals surface area contributed by atoms with E-state index in [0.29, 0.717) is 65.3 Å². The summed E-state index contributed by atoms with van der Waals surface area (Å²) in [4.78, 5) is 32.5. The van der Waals surface area contributed by atoms with E-state index < -0.39 is 12.0 Å². The molecule has 234 valence electrons. The highest BCUT2D eigenvalue weighted by atomic mass is 79.9. The molecule has 0 bridgehead atoms. The summed E-state index contributed by atoms with van der Waals surface area (Å²) in [6, 6.07) is 15.8. The van der Waals surface area contributed by atoms with Gasteiger partial charge in [0.25, 0.3) is 5.56 Å². The largest absolute Gasteiger partial charge is 0.493 e. The van der Waals surface area contributed by atoms with E-state index in [1.54, 1.807) is 44.2 Å². The van der Waals surface area contributed by atoms with E-state index in [-0.39, 0.29) is 17.7 Å². The van der Waals surface area contributed by atoms with Crippen LogP contribution in [0.1, 0.15) is 36.6 Å². The molecule has 0 amide bonds. The molecule has 2 heterocycles. The first-order chi connectivity index (χ1) is 21.7. The highest BCUT2D eigenvalue weighted by Gasteiger charge is 2.35. The minimum atomic E-state index is -0.858. The molecular weight excluding hydrogens is 684 g/mol. The number of halogens is 2. The molecule has 1 aliphatic rings. The van der Waals surface area contributed by atoms with Crippen molar-refractivity contribution >= 4 is 50.9 Å². The summed E-state index contributed by atoms with van der Waals surface area (Å²) < 4.78 is 30.5. The predicted molar refractivity (Wildman–Crippen MR) is 176 cm³/mol. The van der Waals surface area contributed by atoms with Crippen LogP contribution in [-0.2, 0) is 16.1 Å². The first-order valence-electron chi connectivity index (χ1n) is 13.9. The number of carbonyl (C=O) groups is 1. The van der Waals surface area contributed by atoms with Crippen molar-refractivity contribution in [2.24, 2.45) is 4.99 Å². The topological polar surface area (TPSA) is 97.6 Å². The van der Waals surface area contributed by atoms with Gasteiger partial charge in [-0.25, -0.2) is 9.79 Å². The number of rotatable bonds is 10. The number of hydrogen-bond acceptors (Lipinski definition) is 9. The van der Waals surface area contributed by atoms with Crippen LogP contribution in [0.5, 0.6) is 23.0 Å². The van der Waals surface area contributed by atoms with Gasteiger partial charge in [0.2, 0.25) is 0 Å². The molecule has 1 aromatic heterocycles. The summed E-state index contributed by atoms with van der Waals surface area (Å²) in [5.41, 5.74) is 2.54. The molecule has 0 fully saturated rings. The highest BCUT2D eigenvalue weighted by Crippen LogP contribution is 2.41. The summed E-state index contributed by atoms with van der Waals surface area (Å²) in [7, 11) is 4.58. The van der Waals surface area contributed by atoms with Gasteiger partial charge in [-0.2, -0.15) is 0 Å². The van der Waals surface area contributed by atoms with Gasteiger partial charge < -0.3 is 23.7 Å². The fourth-order valence-electron chi connectivity index (χ4n) is 5.01. The minimum Gasteiger partial charge on any atom is -0.493 e. The lowest BCUT2D eigenvalue weighted by Gasteiger charge is -2.26. The second kappa shape index (κ2) is 13.9. The van der Waals surface area contributed by atoms with Gasteiger partial charge in [-0.3, -0.25) is 9.36 Å². The number of fused-ring (bicyclic) bond motifs is 1. The highest BCUT2D eigenvalue weighted by molar-refractivity contribution is 9.10. The van der Waals surface area contributed by atoms with Crippen molar-refractivity contribution in [3.63, 3.8) is 0 Å². The Hall–Kier alpha value is -4.06. The maximum atomic E-state index is 14.1. The van der Waals surface area contributed by atoms with Crippen LogP contribution in [-0.4, -0.2) is 38.5 Å². The van der Waals surface area contributed by atoms with Crippen molar-refractivity contribution in [3.05, 3.63) is 112 Å². The third-order valence-electron chi connectivity index (χ3n) is 7.09. The smallest absolute Gasteiger partial charge is 0.338 e. The van der Waals surface area contributed by atoms with Crippen molar-refractivity contribution in [2.75, 3.05) is 27.9 Å². The van der Waals surface area contributed by atoms with Gasteiger partial charge >= 0.3 is 5.97 Å². The summed E-state index contributed by atoms with van der Waals surface area (Å²) in [5.74, 6) is 1.18. The summed E-state index contributed by atoms with van der Waals surface area (Å²) in [5, 5.41) is 0.330. The predicted octanol–water partition coefficient (Wildman–Crippen LogP) is 5.82. The van der Waals surface area contributed by atoms with Crippen molar-refractivity contribution in [2.45, 2.75) is 26.5 Å². The van der Waals surface area contributed by atoms with Crippen molar-refractivity contribution in [1.29, 1.82) is 0 Å². The first kappa shape index (κ1) is 32.3. The van der Waals surface area contributed by atoms with Crippen LogP contribution in [0.4, 0.5) is 0 Å². The molecule has 0 unspecified atom stereocenters. The molecule has 0 N–H and O–H groups in total. The van der Waals surface area contributed by atoms with Gasteiger partial charge in [-0.15, -0.1) is 0 Å². The zero-order chi connectivity index (χ0) is 32.2. The Kier molecular flexibility index (Phi) is 10.0. The van der Waals surface area contributed by atoms with Crippen LogP contribution < -0.4 is 33.8 Å². The number of ether oxygens (including phenoxy) is 5. The summed E-state index contributed by atoms with van der Waals surface area (Å²) >= 11 is 11.5. The number of methoxy groups -OCH3 is 3. The van der Waals surface area contributed by atoms with E-state index in [9.17, 15) is 9.59 Å². The van der Waals surface area contributed by atoms with E-state index in [4.69, 9.17) is 35.3 Å². The second-order valence-electron chi connectivity index (χ2n) is 9.84. The Labute approximate surface area is 277 Å². The molecule has 4 aromatic rings. The molecule has 9 nitrogen and oxygen atoms in total. The summed E-state index contributed by atoms with van der Waals surface area (Å²) in [6.45, 7) is 3.92. The van der Waals surface area contributed by atoms with E-state index in [0.717, 1.165) is 5.56 Å². The molecular formula is C33H30BrClN2O7S. The number of allylic oxidation sites excluding steroid dienone is 1. The fraction of sp³-hybridized carbons (Fsp3) is 0.242. The molecule has 0 saturated carbocycles. The van der Waals surface area contributed by atoms with Crippen molar-refractivity contribution in [3.8, 4) is 23.0 Å². The second-order valence-corrected chi connectivity index (χ2v) is 12.1. The van der Waals surface area contributed by atoms with E-state index in [1.165, 1.54) is 37.2 Å². The van der Waals surface area contributed by atoms with E-state index in [2.05, 4.69) is 20.9 Å². The standard InChI is InChI=1S/C33H30BrClN2O7S/c1-6-43-32(39)28-18(2)36-33-37(29(28)21-15-24(40-3)25(41-4)16-22(21)34)31(38)27(45-33)14-20-12-23(35)30(26(13-20)42-5)44-17-19-10-8-7-9-11-19/h7-16,29H,6,17H2,1-5H3/b27-14-/t29-/m0/s1. The molecule has 1 atom stereocenters.